The molecule has 0 aromatic heterocycles. The van der Waals surface area contributed by atoms with Crippen LogP contribution in [0.2, 0.25) is 58.9 Å². The number of hydrogen-bond donors (Lipinski definition) is 0. The molecule has 1 aromatic carbocycles. The van der Waals surface area contributed by atoms with Crippen molar-refractivity contribution in [3.8, 4) is 0 Å². The molecule has 0 spiro atoms. The fourth-order valence-electron chi connectivity index (χ4n) is 6.43. The van der Waals surface area contributed by atoms with E-state index in [9.17, 15) is 0 Å². The molecule has 0 N–H and O–H groups in total. The molecule has 1 unspecified atom stereocenters. The van der Waals surface area contributed by atoms with Crippen LogP contribution in [-0.2, 0) is 0 Å². The van der Waals surface area contributed by atoms with Gasteiger partial charge in [0.05, 0.1) is 6.29 Å². The van der Waals surface area contributed by atoms with Gasteiger partial charge in [-0.15, -0.1) is 0 Å². The molecule has 5 heteroatoms. The number of benzene rings is 1. The zero-order valence-electron chi connectivity index (χ0n) is 19.3. The van der Waals surface area contributed by atoms with Crippen LogP contribution in [0.4, 0.5) is 0 Å². The van der Waals surface area contributed by atoms with Crippen LogP contribution < -0.4 is 0 Å². The lowest BCUT2D eigenvalue weighted by molar-refractivity contribution is 0.540. The maximum absolute atomic E-state index is 2.75. The van der Waals surface area contributed by atoms with E-state index in [1.165, 1.54) is 0 Å². The summed E-state index contributed by atoms with van der Waals surface area (Å²) in [5.41, 5.74) is 1.88. The first-order valence-corrected chi connectivity index (χ1v) is 27.8. The minimum atomic E-state index is -1.38. The normalized spacial score (nSPS) is 19.8. The second-order valence-corrected chi connectivity index (χ2v) is 60.5. The predicted molar refractivity (Wildman–Crippen MR) is 136 cm³/mol. The summed E-state index contributed by atoms with van der Waals surface area (Å²) in [6, 6.07) is 11.4. The van der Waals surface area contributed by atoms with Crippen molar-refractivity contribution in [1.82, 2.24) is 0 Å². The van der Waals surface area contributed by atoms with Crippen LogP contribution in [0, 0.1) is 5.41 Å². The van der Waals surface area contributed by atoms with Crippen LogP contribution in [-0.4, -0.2) is 29.1 Å². The Kier molecular flexibility index (Phi) is 5.77. The van der Waals surface area contributed by atoms with Crippen molar-refractivity contribution in [2.45, 2.75) is 79.7 Å². The average Bonchev–Trinajstić information content (AvgIpc) is 3.10. The Morgan fingerprint density at radius 2 is 1.04 bits per heavy atom. The Balaban J connectivity index is 2.79. The Labute approximate surface area is 167 Å². The summed E-state index contributed by atoms with van der Waals surface area (Å²) in [5, 5.41) is 3.74. The van der Waals surface area contributed by atoms with Crippen molar-refractivity contribution >= 4 is 41.9 Å². The standard InChI is InChI=1S/C21H41PSi4/c1-21(2,3)20-19(18-16-14-13-15-17-18)22(20)26(23(4,5)6,24(7,8)9)25(10,11)12/h13-17H,1-12H3. The van der Waals surface area contributed by atoms with Gasteiger partial charge in [-0.1, -0.05) is 117 Å². The van der Waals surface area contributed by atoms with E-state index in [4.69, 9.17) is 0 Å². The second-order valence-electron chi connectivity index (χ2n) is 12.1. The number of hydrogen-bond acceptors (Lipinski definition) is 0. The van der Waals surface area contributed by atoms with Gasteiger partial charge in [0.15, 0.2) is 0 Å². The highest BCUT2D eigenvalue weighted by Gasteiger charge is 2.71. The highest BCUT2D eigenvalue weighted by atomic mass is 31.5. The second kappa shape index (κ2) is 6.65. The van der Waals surface area contributed by atoms with Gasteiger partial charge < -0.3 is 0 Å². The maximum atomic E-state index is 2.75. The first-order chi connectivity index (χ1) is 11.5. The lowest BCUT2D eigenvalue weighted by atomic mass is 9.95. The van der Waals surface area contributed by atoms with Gasteiger partial charge >= 0.3 is 0 Å². The molecule has 0 saturated heterocycles. The molecular formula is C21H41PSi4. The summed E-state index contributed by atoms with van der Waals surface area (Å²) in [6.45, 7) is 32.2. The van der Waals surface area contributed by atoms with Gasteiger partial charge in [-0.3, -0.25) is 0 Å². The molecule has 1 heterocycles. The number of rotatable bonds is 5. The highest BCUT2D eigenvalue weighted by molar-refractivity contribution is 8.36. The SMILES string of the molecule is CC(C)(C)C1=C(c2ccccc2)P1[Si]([Si](C)(C)C)([Si](C)(C)C)[Si](C)(C)C. The third-order valence-electron chi connectivity index (χ3n) is 5.97. The van der Waals surface area contributed by atoms with Gasteiger partial charge in [-0.05, 0) is 21.6 Å². The van der Waals surface area contributed by atoms with E-state index in [1.54, 1.807) is 5.56 Å². The summed E-state index contributed by atoms with van der Waals surface area (Å²) in [4.78, 5) is 0. The molecule has 1 aromatic rings. The molecule has 0 amide bonds. The summed E-state index contributed by atoms with van der Waals surface area (Å²) in [7, 11) is -3.76. The van der Waals surface area contributed by atoms with Crippen LogP contribution in [0.25, 0.3) is 5.31 Å². The lowest BCUT2D eigenvalue weighted by Crippen LogP contribution is -2.80. The van der Waals surface area contributed by atoms with Gasteiger partial charge in [-0.25, -0.2) is 0 Å². The molecule has 2 rings (SSSR count). The lowest BCUT2D eigenvalue weighted by Gasteiger charge is -2.58. The minimum absolute atomic E-state index is 0.00386. The number of allylic oxidation sites excluding steroid dienone is 1. The van der Waals surface area contributed by atoms with E-state index in [1.807, 2.05) is 10.6 Å². The predicted octanol–water partition coefficient (Wildman–Crippen LogP) is 8.09. The molecule has 1 atom stereocenters. The highest BCUT2D eigenvalue weighted by Crippen LogP contribution is 2.85. The van der Waals surface area contributed by atoms with E-state index in [-0.39, 0.29) is 7.47 Å². The first-order valence-electron chi connectivity index (χ1n) is 10.1. The third-order valence-corrected chi connectivity index (χ3v) is 103. The van der Waals surface area contributed by atoms with Gasteiger partial charge in [0.25, 0.3) is 0 Å². The molecular weight excluding hydrogens is 396 g/mol. The Hall–Kier alpha value is 0.258. The van der Waals surface area contributed by atoms with E-state index >= 15 is 0 Å². The van der Waals surface area contributed by atoms with Gasteiger partial charge in [0, 0.05) is 22.8 Å². The van der Waals surface area contributed by atoms with E-state index in [2.05, 4.69) is 110 Å². The van der Waals surface area contributed by atoms with Crippen molar-refractivity contribution < 1.29 is 0 Å². The van der Waals surface area contributed by atoms with Gasteiger partial charge in [0.1, 0.15) is 0 Å². The van der Waals surface area contributed by atoms with Crippen LogP contribution in [0.3, 0.4) is 0 Å². The molecule has 1 aliphatic rings. The summed E-state index contributed by atoms with van der Waals surface area (Å²) in [6.07, 6.45) is -1.38. The fraction of sp³-hybridized carbons (Fsp3) is 0.619. The van der Waals surface area contributed by atoms with Crippen molar-refractivity contribution in [3.05, 3.63) is 41.2 Å². The summed E-state index contributed by atoms with van der Waals surface area (Å²) < 4.78 is 0. The van der Waals surface area contributed by atoms with E-state index in [0.29, 0.717) is 5.41 Å². The molecule has 26 heavy (non-hydrogen) atoms. The molecule has 0 aliphatic carbocycles. The van der Waals surface area contributed by atoms with Crippen molar-refractivity contribution in [3.63, 3.8) is 0 Å². The fourth-order valence-corrected chi connectivity index (χ4v) is 133. The monoisotopic (exact) mass is 436 g/mol. The van der Waals surface area contributed by atoms with Crippen molar-refractivity contribution in [2.24, 2.45) is 5.41 Å². The molecule has 0 saturated carbocycles. The summed E-state index contributed by atoms with van der Waals surface area (Å²) in [5.74, 6) is 0. The van der Waals surface area contributed by atoms with E-state index < -0.39 is 29.1 Å². The summed E-state index contributed by atoms with van der Waals surface area (Å²) >= 11 is 0. The first kappa shape index (κ1) is 22.5. The van der Waals surface area contributed by atoms with Crippen molar-refractivity contribution in [2.75, 3.05) is 0 Å². The van der Waals surface area contributed by atoms with Crippen LogP contribution in [0.1, 0.15) is 26.3 Å². The molecule has 0 fully saturated rings. The van der Waals surface area contributed by atoms with Gasteiger partial charge in [-0.2, -0.15) is 0 Å². The molecule has 0 bridgehead atoms. The maximum Gasteiger partial charge on any atom is 0.0731 e. The van der Waals surface area contributed by atoms with Gasteiger partial charge in [0.2, 0.25) is 0 Å². The average molecular weight is 437 g/mol. The molecule has 146 valence electrons. The van der Waals surface area contributed by atoms with Crippen LogP contribution in [0.5, 0.6) is 0 Å². The molecule has 1 aliphatic heterocycles. The minimum Gasteiger partial charge on any atom is -0.0715 e. The zero-order valence-corrected chi connectivity index (χ0v) is 24.2. The topological polar surface area (TPSA) is 0 Å². The Morgan fingerprint density at radius 1 is 0.654 bits per heavy atom. The smallest absolute Gasteiger partial charge is 0.0715 e. The largest absolute Gasteiger partial charge is 0.0731 e. The quantitative estimate of drug-likeness (QED) is 0.323. The van der Waals surface area contributed by atoms with E-state index in [0.717, 1.165) is 0 Å². The Morgan fingerprint density at radius 3 is 1.35 bits per heavy atom. The van der Waals surface area contributed by atoms with Crippen molar-refractivity contribution in [1.29, 1.82) is 0 Å². The third kappa shape index (κ3) is 3.50. The van der Waals surface area contributed by atoms with Crippen LogP contribution in [0.15, 0.2) is 35.6 Å². The molecule has 0 nitrogen and oxygen atoms in total. The molecule has 0 radical (unpaired) electrons. The van der Waals surface area contributed by atoms with Crippen LogP contribution >= 0.6 is 7.47 Å². The zero-order chi connectivity index (χ0) is 20.3. The Bertz CT molecular complexity index is 659.